The van der Waals surface area contributed by atoms with Gasteiger partial charge in [-0.05, 0) is 54.9 Å². The molecule has 1 unspecified atom stereocenters. The van der Waals surface area contributed by atoms with E-state index >= 15 is 0 Å². The van der Waals surface area contributed by atoms with Gasteiger partial charge in [0.1, 0.15) is 18.2 Å². The lowest BCUT2D eigenvalue weighted by Gasteiger charge is -2.20. The van der Waals surface area contributed by atoms with Gasteiger partial charge in [-0.1, -0.05) is 12.1 Å². The summed E-state index contributed by atoms with van der Waals surface area (Å²) in [6.45, 7) is 3.07. The lowest BCUT2D eigenvalue weighted by molar-refractivity contribution is 0.100. The highest BCUT2D eigenvalue weighted by molar-refractivity contribution is 5.94. The molecule has 2 heterocycles. The van der Waals surface area contributed by atoms with E-state index in [2.05, 4.69) is 9.88 Å². The molecule has 0 spiro atoms. The Labute approximate surface area is 193 Å². The van der Waals surface area contributed by atoms with Crippen LogP contribution in [0.2, 0.25) is 0 Å². The van der Waals surface area contributed by atoms with Crippen LogP contribution in [0.5, 0.6) is 5.75 Å². The minimum Gasteiger partial charge on any atom is -0.492 e. The summed E-state index contributed by atoms with van der Waals surface area (Å²) >= 11 is 0. The molecular formula is C25H28FN5O2. The van der Waals surface area contributed by atoms with E-state index in [4.69, 9.17) is 15.5 Å². The standard InChI is InChI=1S/C25H28FN5O2/c1-30(2)25-28-15-22(17-4-3-5-18(14-17)24(27)32)23(29-25)19-10-11-31(16-19)12-13-33-21-8-6-20(26)7-9-21/h3-9,14-15,19H,10-13,16H2,1-2H3,(H2,27,32). The van der Waals surface area contributed by atoms with Crippen LogP contribution in [0, 0.1) is 5.82 Å². The van der Waals surface area contributed by atoms with Crippen LogP contribution in [-0.2, 0) is 0 Å². The maximum absolute atomic E-state index is 13.1. The molecule has 1 aliphatic heterocycles. The number of amides is 1. The molecule has 33 heavy (non-hydrogen) atoms. The number of nitrogens with two attached hydrogens (primary N) is 1. The van der Waals surface area contributed by atoms with Crippen molar-refractivity contribution in [3.63, 3.8) is 0 Å². The molecule has 4 rings (SSSR count). The van der Waals surface area contributed by atoms with E-state index in [-0.39, 0.29) is 11.7 Å². The number of aromatic nitrogens is 2. The third-order valence-corrected chi connectivity index (χ3v) is 5.81. The van der Waals surface area contributed by atoms with E-state index in [9.17, 15) is 9.18 Å². The number of halogens is 1. The molecule has 0 bridgehead atoms. The molecule has 0 radical (unpaired) electrons. The first-order chi connectivity index (χ1) is 15.9. The number of anilines is 1. The lowest BCUT2D eigenvalue weighted by Crippen LogP contribution is -2.26. The Morgan fingerprint density at radius 2 is 2.03 bits per heavy atom. The zero-order valence-corrected chi connectivity index (χ0v) is 18.9. The van der Waals surface area contributed by atoms with Gasteiger partial charge in [-0.3, -0.25) is 9.69 Å². The number of hydrogen-bond donors (Lipinski definition) is 1. The fourth-order valence-electron chi connectivity index (χ4n) is 4.06. The molecule has 0 saturated carbocycles. The molecular weight excluding hydrogens is 421 g/mol. The monoisotopic (exact) mass is 449 g/mol. The number of benzene rings is 2. The molecule has 8 heteroatoms. The van der Waals surface area contributed by atoms with E-state index in [1.165, 1.54) is 12.1 Å². The summed E-state index contributed by atoms with van der Waals surface area (Å²) in [4.78, 5) is 25.3. The van der Waals surface area contributed by atoms with E-state index in [0.29, 0.717) is 23.9 Å². The van der Waals surface area contributed by atoms with E-state index in [0.717, 1.165) is 42.9 Å². The first kappa shape index (κ1) is 22.7. The van der Waals surface area contributed by atoms with Crippen molar-refractivity contribution >= 4 is 11.9 Å². The van der Waals surface area contributed by atoms with E-state index in [1.54, 1.807) is 24.3 Å². The Hall–Kier alpha value is -3.52. The van der Waals surface area contributed by atoms with Crippen molar-refractivity contribution in [3.05, 3.63) is 71.8 Å². The Morgan fingerprint density at radius 1 is 1.24 bits per heavy atom. The summed E-state index contributed by atoms with van der Waals surface area (Å²) in [6.07, 6.45) is 2.79. The molecule has 2 N–H and O–H groups in total. The Morgan fingerprint density at radius 3 is 2.76 bits per heavy atom. The molecule has 1 fully saturated rings. The Bertz CT molecular complexity index is 1120. The number of rotatable bonds is 8. The topological polar surface area (TPSA) is 84.6 Å². The van der Waals surface area contributed by atoms with Crippen LogP contribution in [0.25, 0.3) is 11.1 Å². The highest BCUT2D eigenvalue weighted by Crippen LogP contribution is 2.34. The van der Waals surface area contributed by atoms with Gasteiger partial charge in [-0.15, -0.1) is 0 Å². The predicted octanol–water partition coefficient (Wildman–Crippen LogP) is 3.32. The van der Waals surface area contributed by atoms with Crippen molar-refractivity contribution in [1.29, 1.82) is 0 Å². The van der Waals surface area contributed by atoms with Gasteiger partial charge >= 0.3 is 0 Å². The summed E-state index contributed by atoms with van der Waals surface area (Å²) in [5.41, 5.74) is 8.71. The normalized spacial score (nSPS) is 16.0. The Balaban J connectivity index is 1.50. The second-order valence-corrected chi connectivity index (χ2v) is 8.40. The number of primary amides is 1. The highest BCUT2D eigenvalue weighted by Gasteiger charge is 2.28. The van der Waals surface area contributed by atoms with Gasteiger partial charge in [0.05, 0.1) is 5.69 Å². The van der Waals surface area contributed by atoms with Crippen LogP contribution in [0.4, 0.5) is 10.3 Å². The third-order valence-electron chi connectivity index (χ3n) is 5.81. The van der Waals surface area contributed by atoms with Crippen molar-refractivity contribution in [2.24, 2.45) is 5.73 Å². The van der Waals surface area contributed by atoms with Crippen LogP contribution in [0.3, 0.4) is 0 Å². The maximum atomic E-state index is 13.1. The minimum absolute atomic E-state index is 0.227. The van der Waals surface area contributed by atoms with Crippen LogP contribution in [0.1, 0.15) is 28.4 Å². The van der Waals surface area contributed by atoms with Gasteiger partial charge in [0.2, 0.25) is 11.9 Å². The van der Waals surface area contributed by atoms with Crippen LogP contribution in [0.15, 0.2) is 54.7 Å². The molecule has 172 valence electrons. The third kappa shape index (κ3) is 5.46. The predicted molar refractivity (Wildman–Crippen MR) is 126 cm³/mol. The second-order valence-electron chi connectivity index (χ2n) is 8.40. The average molecular weight is 450 g/mol. The van der Waals surface area contributed by atoms with Gasteiger partial charge in [-0.25, -0.2) is 14.4 Å². The van der Waals surface area contributed by atoms with E-state index < -0.39 is 5.91 Å². The summed E-state index contributed by atoms with van der Waals surface area (Å²) in [5.74, 6) is 0.805. The fourth-order valence-corrected chi connectivity index (χ4v) is 4.06. The van der Waals surface area contributed by atoms with Gasteiger partial charge in [-0.2, -0.15) is 0 Å². The molecule has 3 aromatic rings. The first-order valence-corrected chi connectivity index (χ1v) is 11.0. The maximum Gasteiger partial charge on any atom is 0.248 e. The number of carbonyl (C=O) groups is 1. The van der Waals surface area contributed by atoms with Gasteiger partial charge in [0.15, 0.2) is 0 Å². The van der Waals surface area contributed by atoms with Gasteiger partial charge in [0.25, 0.3) is 0 Å². The second kappa shape index (κ2) is 9.95. The van der Waals surface area contributed by atoms with Crippen molar-refractivity contribution in [1.82, 2.24) is 14.9 Å². The number of hydrogen-bond acceptors (Lipinski definition) is 6. The fraction of sp³-hybridized carbons (Fsp3) is 0.320. The highest BCUT2D eigenvalue weighted by atomic mass is 19.1. The molecule has 0 aliphatic carbocycles. The molecule has 7 nitrogen and oxygen atoms in total. The Kier molecular flexibility index (Phi) is 6.84. The molecule has 1 atom stereocenters. The zero-order chi connectivity index (χ0) is 23.4. The van der Waals surface area contributed by atoms with Crippen molar-refractivity contribution in [2.75, 3.05) is 45.2 Å². The van der Waals surface area contributed by atoms with Crippen LogP contribution < -0.4 is 15.4 Å². The molecule has 1 aromatic heterocycles. The first-order valence-electron chi connectivity index (χ1n) is 11.0. The van der Waals surface area contributed by atoms with Gasteiger partial charge < -0.3 is 15.4 Å². The molecule has 1 aliphatic rings. The largest absolute Gasteiger partial charge is 0.492 e. The summed E-state index contributed by atoms with van der Waals surface area (Å²) in [5, 5.41) is 0. The molecule has 1 amide bonds. The number of nitrogens with zero attached hydrogens (tertiary/aromatic N) is 4. The summed E-state index contributed by atoms with van der Waals surface area (Å²) < 4.78 is 18.8. The van der Waals surface area contributed by atoms with Crippen molar-refractivity contribution in [3.8, 4) is 16.9 Å². The average Bonchev–Trinajstić information content (AvgIpc) is 3.29. The number of carbonyl (C=O) groups excluding carboxylic acids is 1. The smallest absolute Gasteiger partial charge is 0.248 e. The van der Waals surface area contributed by atoms with E-state index in [1.807, 2.05) is 37.3 Å². The summed E-state index contributed by atoms with van der Waals surface area (Å²) in [7, 11) is 3.83. The van der Waals surface area contributed by atoms with Crippen LogP contribution >= 0.6 is 0 Å². The number of ether oxygens (including phenoxy) is 1. The lowest BCUT2D eigenvalue weighted by atomic mass is 9.95. The zero-order valence-electron chi connectivity index (χ0n) is 18.9. The van der Waals surface area contributed by atoms with Crippen molar-refractivity contribution in [2.45, 2.75) is 12.3 Å². The number of likely N-dealkylation sites (tertiary alicyclic amines) is 1. The minimum atomic E-state index is -0.461. The van der Waals surface area contributed by atoms with Crippen LogP contribution in [-0.4, -0.2) is 61.1 Å². The molecule has 2 aromatic carbocycles. The molecule has 1 saturated heterocycles. The van der Waals surface area contributed by atoms with Crippen molar-refractivity contribution < 1.29 is 13.9 Å². The summed E-state index contributed by atoms with van der Waals surface area (Å²) in [6, 6.07) is 13.3. The quantitative estimate of drug-likeness (QED) is 0.568. The SMILES string of the molecule is CN(C)c1ncc(-c2cccc(C(N)=O)c2)c(C2CCN(CCOc3ccc(F)cc3)C2)n1. The van der Waals surface area contributed by atoms with Gasteiger partial charge in [0, 0.05) is 50.4 Å².